The molecule has 0 radical (unpaired) electrons. The van der Waals surface area contributed by atoms with Crippen LogP contribution in [0, 0.1) is 6.92 Å². The molecule has 1 aromatic carbocycles. The number of benzene rings is 1. The predicted octanol–water partition coefficient (Wildman–Crippen LogP) is -1.28. The van der Waals surface area contributed by atoms with E-state index in [0.717, 1.165) is 5.56 Å². The fourth-order valence-electron chi connectivity index (χ4n) is 3.06. The van der Waals surface area contributed by atoms with E-state index in [0.29, 0.717) is 5.69 Å². The van der Waals surface area contributed by atoms with Gasteiger partial charge < -0.3 is 37.0 Å². The summed E-state index contributed by atoms with van der Waals surface area (Å²) >= 11 is 0. The molecule has 10 heteroatoms. The van der Waals surface area contributed by atoms with Gasteiger partial charge in [0.1, 0.15) is 11.7 Å². The summed E-state index contributed by atoms with van der Waals surface area (Å²) in [6, 6.07) is 5.29. The van der Waals surface area contributed by atoms with Crippen LogP contribution in [0.3, 0.4) is 0 Å². The number of nitrogens with one attached hydrogen (secondary N) is 3. The minimum Gasteiger partial charge on any atom is -0.390 e. The topological polar surface area (TPSA) is 174 Å². The van der Waals surface area contributed by atoms with Crippen molar-refractivity contribution < 1.29 is 29.7 Å². The number of rotatable bonds is 6. The van der Waals surface area contributed by atoms with Gasteiger partial charge in [0.25, 0.3) is 5.91 Å². The molecule has 0 aromatic heterocycles. The van der Waals surface area contributed by atoms with Crippen LogP contribution in [0.1, 0.15) is 24.8 Å². The highest BCUT2D eigenvalue weighted by Crippen LogP contribution is 2.29. The summed E-state index contributed by atoms with van der Waals surface area (Å²) in [6.07, 6.45) is -3.61. The van der Waals surface area contributed by atoms with Gasteiger partial charge in [-0.05, 0) is 19.1 Å². The predicted molar refractivity (Wildman–Crippen MR) is 100 cm³/mol. The van der Waals surface area contributed by atoms with Crippen LogP contribution in [-0.2, 0) is 9.59 Å². The highest BCUT2D eigenvalue weighted by Gasteiger charge is 2.49. The van der Waals surface area contributed by atoms with Crippen molar-refractivity contribution in [3.05, 3.63) is 29.8 Å². The van der Waals surface area contributed by atoms with Gasteiger partial charge in [0, 0.05) is 31.5 Å². The second-order valence-corrected chi connectivity index (χ2v) is 7.04. The molecule has 10 nitrogen and oxygen atoms in total. The zero-order valence-corrected chi connectivity index (χ0v) is 15.5. The van der Waals surface area contributed by atoms with Crippen LogP contribution in [0.4, 0.5) is 10.5 Å². The highest BCUT2D eigenvalue weighted by molar-refractivity contribution is 5.90. The highest BCUT2D eigenvalue weighted by atomic mass is 16.3. The first-order valence-corrected chi connectivity index (χ1v) is 8.90. The van der Waals surface area contributed by atoms with Gasteiger partial charge in [-0.2, -0.15) is 0 Å². The Labute approximate surface area is 162 Å². The molecule has 154 valence electrons. The largest absolute Gasteiger partial charge is 0.390 e. The smallest absolute Gasteiger partial charge is 0.319 e. The van der Waals surface area contributed by atoms with E-state index >= 15 is 0 Å². The van der Waals surface area contributed by atoms with Crippen LogP contribution in [0.25, 0.3) is 0 Å². The molecule has 0 aliphatic heterocycles. The van der Waals surface area contributed by atoms with E-state index in [1.807, 2.05) is 19.1 Å². The molecule has 4 amide bonds. The molecule has 4 atom stereocenters. The zero-order chi connectivity index (χ0) is 20.9. The Morgan fingerprint density at radius 3 is 2.43 bits per heavy atom. The SMILES string of the molecule is Cc1ccc(NC(=O)N[C@H]2C[C@@](O)(C(=O)NCCC(N)=O)C[C@@H](O)[C@@H]2O)cc1. The van der Waals surface area contributed by atoms with Gasteiger partial charge >= 0.3 is 6.03 Å². The summed E-state index contributed by atoms with van der Waals surface area (Å²) in [5.74, 6) is -1.43. The van der Waals surface area contributed by atoms with Crippen molar-refractivity contribution in [2.24, 2.45) is 5.73 Å². The molecule has 8 N–H and O–H groups in total. The van der Waals surface area contributed by atoms with Crippen LogP contribution in [0.5, 0.6) is 0 Å². The Balaban J connectivity index is 2.00. The molecule has 0 bridgehead atoms. The number of carbonyl (C=O) groups excluding carboxylic acids is 3. The van der Waals surface area contributed by atoms with Gasteiger partial charge in [-0.15, -0.1) is 0 Å². The number of nitrogens with two attached hydrogens (primary N) is 1. The summed E-state index contributed by atoms with van der Waals surface area (Å²) < 4.78 is 0. The standard InChI is InChI=1S/C18H26N4O6/c1-10-2-4-11(5-3-10)21-17(27)22-12-8-18(28,9-13(23)15(12)25)16(26)20-7-6-14(19)24/h2-5,12-13,15,23,25,28H,6-9H2,1H3,(H2,19,24)(H,20,26)(H2,21,22,27)/t12-,13+,15+,18-/m0/s1. The lowest BCUT2D eigenvalue weighted by Gasteiger charge is -2.41. The van der Waals surface area contributed by atoms with Gasteiger partial charge in [0.15, 0.2) is 0 Å². The van der Waals surface area contributed by atoms with Crippen LogP contribution < -0.4 is 21.7 Å². The van der Waals surface area contributed by atoms with Gasteiger partial charge in [-0.25, -0.2) is 4.79 Å². The van der Waals surface area contributed by atoms with E-state index in [9.17, 15) is 29.7 Å². The molecule has 1 saturated carbocycles. The lowest BCUT2D eigenvalue weighted by molar-refractivity contribution is -0.157. The zero-order valence-electron chi connectivity index (χ0n) is 15.5. The van der Waals surface area contributed by atoms with Crippen molar-refractivity contribution in [2.75, 3.05) is 11.9 Å². The fraction of sp³-hybridized carbons (Fsp3) is 0.500. The third-order valence-corrected chi connectivity index (χ3v) is 4.62. The van der Waals surface area contributed by atoms with Crippen LogP contribution in [0.2, 0.25) is 0 Å². The minimum absolute atomic E-state index is 0.0683. The lowest BCUT2D eigenvalue weighted by Crippen LogP contribution is -2.63. The third kappa shape index (κ3) is 5.65. The van der Waals surface area contributed by atoms with E-state index in [4.69, 9.17) is 5.73 Å². The Hall–Kier alpha value is -2.69. The number of aryl methyl sites for hydroxylation is 1. The lowest BCUT2D eigenvalue weighted by atomic mass is 9.77. The first-order chi connectivity index (χ1) is 13.1. The van der Waals surface area contributed by atoms with Crippen molar-refractivity contribution in [2.45, 2.75) is 50.0 Å². The summed E-state index contributed by atoms with van der Waals surface area (Å²) in [5.41, 5.74) is 4.52. The molecule has 1 fully saturated rings. The number of anilines is 1. The average Bonchev–Trinajstić information content (AvgIpc) is 2.61. The normalized spacial score (nSPS) is 26.9. The van der Waals surface area contributed by atoms with Gasteiger partial charge in [0.2, 0.25) is 5.91 Å². The summed E-state index contributed by atoms with van der Waals surface area (Å²) in [7, 11) is 0. The van der Waals surface area contributed by atoms with Gasteiger partial charge in [-0.1, -0.05) is 17.7 Å². The van der Waals surface area contributed by atoms with Gasteiger partial charge in [-0.3, -0.25) is 9.59 Å². The Bertz CT molecular complexity index is 725. The van der Waals surface area contributed by atoms with Crippen molar-refractivity contribution in [3.63, 3.8) is 0 Å². The van der Waals surface area contributed by atoms with Crippen LogP contribution >= 0.6 is 0 Å². The molecule has 28 heavy (non-hydrogen) atoms. The monoisotopic (exact) mass is 394 g/mol. The van der Waals surface area contributed by atoms with Crippen molar-refractivity contribution in [1.29, 1.82) is 0 Å². The number of aliphatic hydroxyl groups excluding tert-OH is 2. The third-order valence-electron chi connectivity index (χ3n) is 4.62. The van der Waals surface area contributed by atoms with E-state index in [2.05, 4.69) is 16.0 Å². The van der Waals surface area contributed by atoms with E-state index < -0.39 is 48.1 Å². The minimum atomic E-state index is -2.02. The second kappa shape index (κ2) is 9.00. The van der Waals surface area contributed by atoms with Crippen molar-refractivity contribution in [1.82, 2.24) is 10.6 Å². The Kier molecular flexibility index (Phi) is 6.95. The Morgan fingerprint density at radius 1 is 1.18 bits per heavy atom. The number of primary amides is 1. The van der Waals surface area contributed by atoms with Gasteiger partial charge in [0.05, 0.1) is 12.1 Å². The first-order valence-electron chi connectivity index (χ1n) is 8.90. The van der Waals surface area contributed by atoms with E-state index in [-0.39, 0.29) is 19.4 Å². The number of hydrogen-bond acceptors (Lipinski definition) is 6. The van der Waals surface area contributed by atoms with Crippen molar-refractivity contribution in [3.8, 4) is 0 Å². The Morgan fingerprint density at radius 2 is 1.82 bits per heavy atom. The van der Waals surface area contributed by atoms with E-state index in [1.165, 1.54) is 0 Å². The molecule has 1 aromatic rings. The molecule has 0 unspecified atom stereocenters. The first kappa shape index (κ1) is 21.6. The number of carbonyl (C=O) groups is 3. The summed E-state index contributed by atoms with van der Waals surface area (Å²) in [6.45, 7) is 1.83. The quantitative estimate of drug-likeness (QED) is 0.316. The molecule has 0 saturated heterocycles. The maximum atomic E-state index is 12.3. The van der Waals surface area contributed by atoms with E-state index in [1.54, 1.807) is 12.1 Å². The van der Waals surface area contributed by atoms with Crippen LogP contribution in [0.15, 0.2) is 24.3 Å². The number of hydrogen-bond donors (Lipinski definition) is 7. The van der Waals surface area contributed by atoms with Crippen molar-refractivity contribution >= 4 is 23.5 Å². The number of amides is 4. The number of aliphatic hydroxyl groups is 3. The molecular weight excluding hydrogens is 368 g/mol. The fourth-order valence-corrected chi connectivity index (χ4v) is 3.06. The maximum absolute atomic E-state index is 12.3. The molecule has 1 aliphatic rings. The maximum Gasteiger partial charge on any atom is 0.319 e. The molecule has 2 rings (SSSR count). The average molecular weight is 394 g/mol. The summed E-state index contributed by atoms with van der Waals surface area (Å²) in [4.78, 5) is 35.2. The molecule has 0 heterocycles. The molecule has 0 spiro atoms. The molecule has 1 aliphatic carbocycles. The second-order valence-electron chi connectivity index (χ2n) is 7.04. The van der Waals surface area contributed by atoms with Crippen LogP contribution in [-0.4, -0.2) is 63.6 Å². The molecular formula is C18H26N4O6. The summed E-state index contributed by atoms with van der Waals surface area (Å²) in [5, 5.41) is 38.2. The number of urea groups is 1.